The van der Waals surface area contributed by atoms with E-state index in [0.29, 0.717) is 5.75 Å². The van der Waals surface area contributed by atoms with Gasteiger partial charge in [-0.15, -0.1) is 0 Å². The van der Waals surface area contributed by atoms with Crippen LogP contribution in [-0.2, 0) is 4.74 Å². The average molecular weight is 253 g/mol. The van der Waals surface area contributed by atoms with Gasteiger partial charge in [-0.05, 0) is 17.7 Å². The summed E-state index contributed by atoms with van der Waals surface area (Å²) in [6, 6.07) is 6.28. The predicted octanol–water partition coefficient (Wildman–Crippen LogP) is 1.16. The molecule has 1 aromatic rings. The van der Waals surface area contributed by atoms with Crippen molar-refractivity contribution in [3.63, 3.8) is 0 Å². The van der Waals surface area contributed by atoms with Crippen LogP contribution in [0.15, 0.2) is 24.3 Å². The second-order valence-corrected chi connectivity index (χ2v) is 4.26. The molecular formula is C12H15NO5. The molecule has 1 aliphatic heterocycles. The van der Waals surface area contributed by atoms with Crippen molar-refractivity contribution >= 4 is 0 Å². The van der Waals surface area contributed by atoms with Gasteiger partial charge in [0, 0.05) is 11.3 Å². The monoisotopic (exact) mass is 253 g/mol. The molecule has 2 rings (SSSR count). The molecule has 1 aromatic carbocycles. The van der Waals surface area contributed by atoms with Gasteiger partial charge < -0.3 is 14.6 Å². The molecule has 0 amide bonds. The number of hydrogen-bond acceptors (Lipinski definition) is 5. The minimum absolute atomic E-state index is 0.0646. The number of benzene rings is 1. The third kappa shape index (κ3) is 2.60. The molecule has 6 nitrogen and oxygen atoms in total. The Hall–Kier alpha value is -1.66. The fraction of sp³-hybridized carbons (Fsp3) is 0.500. The molecule has 18 heavy (non-hydrogen) atoms. The lowest BCUT2D eigenvalue weighted by Crippen LogP contribution is -2.40. The lowest BCUT2D eigenvalue weighted by molar-refractivity contribution is -0.538. The SMILES string of the molecule is COc1ccc([C@@H]2CC(O)OC[C@H]2[N+](=O)[O-])cc1. The lowest BCUT2D eigenvalue weighted by atomic mass is 9.87. The minimum Gasteiger partial charge on any atom is -0.497 e. The molecule has 0 aromatic heterocycles. The van der Waals surface area contributed by atoms with E-state index in [1.54, 1.807) is 31.4 Å². The summed E-state index contributed by atoms with van der Waals surface area (Å²) < 4.78 is 9.98. The summed E-state index contributed by atoms with van der Waals surface area (Å²) in [7, 11) is 1.56. The van der Waals surface area contributed by atoms with E-state index in [1.807, 2.05) is 0 Å². The maximum Gasteiger partial charge on any atom is 0.243 e. The first-order valence-corrected chi connectivity index (χ1v) is 5.69. The van der Waals surface area contributed by atoms with Crippen molar-refractivity contribution in [2.24, 2.45) is 0 Å². The van der Waals surface area contributed by atoms with Gasteiger partial charge in [-0.3, -0.25) is 10.1 Å². The molecular weight excluding hydrogens is 238 g/mol. The van der Waals surface area contributed by atoms with Crippen molar-refractivity contribution in [3.8, 4) is 5.75 Å². The summed E-state index contributed by atoms with van der Waals surface area (Å²) in [5.74, 6) is 0.360. The summed E-state index contributed by atoms with van der Waals surface area (Å²) in [4.78, 5) is 10.6. The van der Waals surface area contributed by atoms with Crippen LogP contribution in [0, 0.1) is 10.1 Å². The zero-order chi connectivity index (χ0) is 13.1. The Morgan fingerprint density at radius 1 is 1.44 bits per heavy atom. The number of hydrogen-bond donors (Lipinski definition) is 1. The van der Waals surface area contributed by atoms with Crippen LogP contribution in [0.25, 0.3) is 0 Å². The molecule has 1 heterocycles. The number of ether oxygens (including phenoxy) is 2. The van der Waals surface area contributed by atoms with Gasteiger partial charge >= 0.3 is 0 Å². The van der Waals surface area contributed by atoms with Crippen LogP contribution in [0.2, 0.25) is 0 Å². The Labute approximate surface area is 104 Å². The zero-order valence-electron chi connectivity index (χ0n) is 9.98. The second-order valence-electron chi connectivity index (χ2n) is 4.26. The standard InChI is InChI=1S/C12H15NO5/c1-17-9-4-2-8(3-5-9)10-6-12(14)18-7-11(10)13(15)16/h2-5,10-12,14H,6-7H2,1H3/t10-,11+,12?/m0/s1. The van der Waals surface area contributed by atoms with E-state index in [0.717, 1.165) is 5.56 Å². The highest BCUT2D eigenvalue weighted by atomic mass is 16.6. The Kier molecular flexibility index (Phi) is 3.78. The van der Waals surface area contributed by atoms with E-state index >= 15 is 0 Å². The fourth-order valence-corrected chi connectivity index (χ4v) is 2.19. The molecule has 0 aliphatic carbocycles. The van der Waals surface area contributed by atoms with Crippen molar-refractivity contribution < 1.29 is 19.5 Å². The molecule has 0 spiro atoms. The van der Waals surface area contributed by atoms with E-state index in [1.165, 1.54) is 0 Å². The number of rotatable bonds is 3. The molecule has 98 valence electrons. The first-order chi connectivity index (χ1) is 8.61. The summed E-state index contributed by atoms with van der Waals surface area (Å²) in [5, 5.41) is 20.5. The van der Waals surface area contributed by atoms with E-state index in [4.69, 9.17) is 9.47 Å². The van der Waals surface area contributed by atoms with Crippen molar-refractivity contribution in [1.29, 1.82) is 0 Å². The fourth-order valence-electron chi connectivity index (χ4n) is 2.19. The molecule has 0 bridgehead atoms. The number of aliphatic hydroxyl groups is 1. The smallest absolute Gasteiger partial charge is 0.243 e. The highest BCUT2D eigenvalue weighted by Crippen LogP contribution is 2.32. The molecule has 1 saturated heterocycles. The maximum absolute atomic E-state index is 11.0. The van der Waals surface area contributed by atoms with Crippen molar-refractivity contribution in [1.82, 2.24) is 0 Å². The Morgan fingerprint density at radius 3 is 2.67 bits per heavy atom. The van der Waals surface area contributed by atoms with Crippen molar-refractivity contribution in [2.45, 2.75) is 24.7 Å². The van der Waals surface area contributed by atoms with E-state index in [9.17, 15) is 15.2 Å². The van der Waals surface area contributed by atoms with Gasteiger partial charge in [-0.25, -0.2) is 0 Å². The first-order valence-electron chi connectivity index (χ1n) is 5.69. The van der Waals surface area contributed by atoms with Gasteiger partial charge in [-0.2, -0.15) is 0 Å². The van der Waals surface area contributed by atoms with Crippen LogP contribution in [-0.4, -0.2) is 36.1 Å². The quantitative estimate of drug-likeness (QED) is 0.645. The third-order valence-corrected chi connectivity index (χ3v) is 3.19. The molecule has 0 saturated carbocycles. The summed E-state index contributed by atoms with van der Waals surface area (Å²) in [6.07, 6.45) is -0.703. The van der Waals surface area contributed by atoms with Gasteiger partial charge in [0.15, 0.2) is 6.29 Å². The van der Waals surface area contributed by atoms with Crippen LogP contribution in [0.4, 0.5) is 0 Å². The van der Waals surface area contributed by atoms with E-state index < -0.39 is 12.3 Å². The molecule has 3 atom stereocenters. The Bertz CT molecular complexity index is 419. The summed E-state index contributed by atoms with van der Waals surface area (Å²) in [5.41, 5.74) is 0.819. The molecule has 1 unspecified atom stereocenters. The first kappa shape index (κ1) is 12.8. The number of methoxy groups -OCH3 is 1. The summed E-state index contributed by atoms with van der Waals surface area (Å²) >= 11 is 0. The highest BCUT2D eigenvalue weighted by Gasteiger charge is 2.39. The number of aliphatic hydroxyl groups excluding tert-OH is 1. The normalized spacial score (nSPS) is 27.8. The van der Waals surface area contributed by atoms with Gasteiger partial charge in [0.05, 0.1) is 13.0 Å². The molecule has 1 fully saturated rings. The number of nitrogens with zero attached hydrogens (tertiary/aromatic N) is 1. The molecule has 6 heteroatoms. The average Bonchev–Trinajstić information content (AvgIpc) is 2.38. The molecule has 0 radical (unpaired) electrons. The van der Waals surface area contributed by atoms with Crippen LogP contribution < -0.4 is 4.74 Å². The van der Waals surface area contributed by atoms with Gasteiger partial charge in [0.25, 0.3) is 0 Å². The van der Waals surface area contributed by atoms with Gasteiger partial charge in [0.2, 0.25) is 6.04 Å². The second kappa shape index (κ2) is 5.32. The predicted molar refractivity (Wildman–Crippen MR) is 63.1 cm³/mol. The van der Waals surface area contributed by atoms with E-state index in [2.05, 4.69) is 0 Å². The summed E-state index contributed by atoms with van der Waals surface area (Å²) in [6.45, 7) is -0.0646. The van der Waals surface area contributed by atoms with Crippen LogP contribution in [0.1, 0.15) is 17.9 Å². The van der Waals surface area contributed by atoms with Crippen LogP contribution in [0.5, 0.6) is 5.75 Å². The lowest BCUT2D eigenvalue weighted by Gasteiger charge is -2.29. The van der Waals surface area contributed by atoms with Gasteiger partial charge in [0.1, 0.15) is 12.4 Å². The van der Waals surface area contributed by atoms with Gasteiger partial charge in [-0.1, -0.05) is 12.1 Å². The molecule has 1 aliphatic rings. The van der Waals surface area contributed by atoms with Crippen molar-refractivity contribution in [2.75, 3.05) is 13.7 Å². The maximum atomic E-state index is 11.0. The molecule has 1 N–H and O–H groups in total. The van der Waals surface area contributed by atoms with E-state index in [-0.39, 0.29) is 23.9 Å². The third-order valence-electron chi connectivity index (χ3n) is 3.19. The number of nitro groups is 1. The Morgan fingerprint density at radius 2 is 2.11 bits per heavy atom. The van der Waals surface area contributed by atoms with Crippen molar-refractivity contribution in [3.05, 3.63) is 39.9 Å². The highest BCUT2D eigenvalue weighted by molar-refractivity contribution is 5.30. The van der Waals surface area contributed by atoms with Crippen LogP contribution in [0.3, 0.4) is 0 Å². The Balaban J connectivity index is 2.23. The largest absolute Gasteiger partial charge is 0.497 e. The zero-order valence-corrected chi connectivity index (χ0v) is 9.98. The topological polar surface area (TPSA) is 81.8 Å². The minimum atomic E-state index is -0.937. The van der Waals surface area contributed by atoms with Crippen LogP contribution >= 0.6 is 0 Å².